The van der Waals surface area contributed by atoms with E-state index in [0.717, 1.165) is 5.56 Å². The van der Waals surface area contributed by atoms with Crippen LogP contribution in [0.5, 0.6) is 0 Å². The summed E-state index contributed by atoms with van der Waals surface area (Å²) in [6.45, 7) is 7.85. The summed E-state index contributed by atoms with van der Waals surface area (Å²) in [4.78, 5) is 51.1. The molecule has 176 valence electrons. The topological polar surface area (TPSA) is 105 Å². The maximum atomic E-state index is 13.4. The Bertz CT molecular complexity index is 783. The van der Waals surface area contributed by atoms with Gasteiger partial charge in [-0.2, -0.15) is 0 Å². The van der Waals surface area contributed by atoms with E-state index in [1.807, 2.05) is 44.2 Å². The maximum Gasteiger partial charge on any atom is 0.246 e. The third-order valence-corrected chi connectivity index (χ3v) is 5.68. The molecule has 32 heavy (non-hydrogen) atoms. The van der Waals surface area contributed by atoms with Crippen LogP contribution in [0.15, 0.2) is 30.3 Å². The largest absolute Gasteiger partial charge is 0.372 e. The van der Waals surface area contributed by atoms with Gasteiger partial charge in [-0.1, -0.05) is 58.0 Å². The zero-order valence-corrected chi connectivity index (χ0v) is 19.4. The highest BCUT2D eigenvalue weighted by Gasteiger charge is 2.43. The number of ether oxygens (including phenoxy) is 1. The summed E-state index contributed by atoms with van der Waals surface area (Å²) in [5.41, 5.74) is 1.00. The zero-order chi connectivity index (χ0) is 23.7. The van der Waals surface area contributed by atoms with Gasteiger partial charge < -0.3 is 25.1 Å². The first-order chi connectivity index (χ1) is 15.3. The Morgan fingerprint density at radius 1 is 1.16 bits per heavy atom. The summed E-state index contributed by atoms with van der Waals surface area (Å²) >= 11 is 0. The van der Waals surface area contributed by atoms with Gasteiger partial charge >= 0.3 is 0 Å². The average Bonchev–Trinajstić information content (AvgIpc) is 3.23. The van der Waals surface area contributed by atoms with Crippen molar-refractivity contribution in [3.8, 4) is 0 Å². The van der Waals surface area contributed by atoms with Crippen LogP contribution in [0.4, 0.5) is 0 Å². The normalized spacial score (nSPS) is 20.0. The molecular formula is C24H35N3O5. The highest BCUT2D eigenvalue weighted by molar-refractivity contribution is 5.93. The molecule has 0 spiro atoms. The molecule has 1 aliphatic heterocycles. The molecular weight excluding hydrogens is 410 g/mol. The van der Waals surface area contributed by atoms with Gasteiger partial charge in [-0.25, -0.2) is 0 Å². The predicted octanol–water partition coefficient (Wildman–Crippen LogP) is 1.82. The van der Waals surface area contributed by atoms with Gasteiger partial charge in [0, 0.05) is 19.4 Å². The van der Waals surface area contributed by atoms with E-state index in [9.17, 15) is 19.2 Å². The Morgan fingerprint density at radius 2 is 1.84 bits per heavy atom. The molecule has 0 aliphatic carbocycles. The van der Waals surface area contributed by atoms with Gasteiger partial charge in [0.05, 0.1) is 18.8 Å². The molecule has 0 radical (unpaired) electrons. The first-order valence-corrected chi connectivity index (χ1v) is 11.3. The van der Waals surface area contributed by atoms with Gasteiger partial charge in [0.25, 0.3) is 0 Å². The second-order valence-electron chi connectivity index (χ2n) is 8.46. The lowest BCUT2D eigenvalue weighted by molar-refractivity contribution is -0.142. The second kappa shape index (κ2) is 12.3. The van der Waals surface area contributed by atoms with Crippen LogP contribution in [-0.2, 0) is 30.5 Å². The lowest BCUT2D eigenvalue weighted by Gasteiger charge is -2.30. The van der Waals surface area contributed by atoms with Crippen molar-refractivity contribution in [1.29, 1.82) is 0 Å². The van der Waals surface area contributed by atoms with Crippen molar-refractivity contribution < 1.29 is 23.9 Å². The molecule has 1 saturated heterocycles. The molecule has 0 unspecified atom stereocenters. The molecule has 1 heterocycles. The van der Waals surface area contributed by atoms with Crippen molar-refractivity contribution in [2.75, 3.05) is 6.54 Å². The zero-order valence-electron chi connectivity index (χ0n) is 19.4. The minimum atomic E-state index is -0.767. The maximum absolute atomic E-state index is 13.4. The molecule has 8 heteroatoms. The lowest BCUT2D eigenvalue weighted by Crippen LogP contribution is -2.56. The van der Waals surface area contributed by atoms with E-state index in [4.69, 9.17) is 4.74 Å². The quantitative estimate of drug-likeness (QED) is 0.506. The van der Waals surface area contributed by atoms with Crippen LogP contribution in [0, 0.1) is 5.92 Å². The number of likely N-dealkylation sites (tertiary alicyclic amines) is 1. The van der Waals surface area contributed by atoms with E-state index in [0.29, 0.717) is 25.7 Å². The van der Waals surface area contributed by atoms with E-state index in [2.05, 4.69) is 10.6 Å². The van der Waals surface area contributed by atoms with Gasteiger partial charge in [0.1, 0.15) is 18.4 Å². The first kappa shape index (κ1) is 25.5. The van der Waals surface area contributed by atoms with E-state index >= 15 is 0 Å². The number of hydrogen-bond donors (Lipinski definition) is 2. The number of carbonyl (C=O) groups excluding carboxylic acids is 4. The number of benzene rings is 1. The van der Waals surface area contributed by atoms with Crippen LogP contribution in [0.1, 0.15) is 52.5 Å². The molecule has 1 aromatic rings. The van der Waals surface area contributed by atoms with E-state index < -0.39 is 18.1 Å². The fraction of sp³-hybridized carbons (Fsp3) is 0.583. The minimum Gasteiger partial charge on any atom is -0.372 e. The van der Waals surface area contributed by atoms with Crippen LogP contribution >= 0.6 is 0 Å². The van der Waals surface area contributed by atoms with E-state index in [-0.39, 0.29) is 42.7 Å². The Hall–Kier alpha value is -2.74. The SMILES string of the molecule is CCC(=O)N[C@H](C(=O)N1C[C@H](OCc2ccccc2)C[C@H]1C(=O)N[C@H](C=O)CC)C(C)C. The molecule has 0 bridgehead atoms. The molecule has 4 atom stereocenters. The van der Waals surface area contributed by atoms with Crippen molar-refractivity contribution in [3.05, 3.63) is 35.9 Å². The Kier molecular flexibility index (Phi) is 9.84. The van der Waals surface area contributed by atoms with Crippen LogP contribution in [0.25, 0.3) is 0 Å². The molecule has 1 aliphatic rings. The van der Waals surface area contributed by atoms with Crippen LogP contribution in [-0.4, -0.2) is 59.7 Å². The van der Waals surface area contributed by atoms with Gasteiger partial charge in [-0.15, -0.1) is 0 Å². The molecule has 2 N–H and O–H groups in total. The summed E-state index contributed by atoms with van der Waals surface area (Å²) in [6, 6.07) is 7.56. The Balaban J connectivity index is 2.19. The number of nitrogens with one attached hydrogen (secondary N) is 2. The third-order valence-electron chi connectivity index (χ3n) is 5.68. The van der Waals surface area contributed by atoms with Crippen molar-refractivity contribution in [2.45, 2.75) is 77.8 Å². The third kappa shape index (κ3) is 6.88. The van der Waals surface area contributed by atoms with Crippen molar-refractivity contribution in [1.82, 2.24) is 15.5 Å². The summed E-state index contributed by atoms with van der Waals surface area (Å²) in [6.07, 6.45) is 1.42. The summed E-state index contributed by atoms with van der Waals surface area (Å²) in [7, 11) is 0. The Morgan fingerprint density at radius 3 is 2.41 bits per heavy atom. The molecule has 2 rings (SSSR count). The molecule has 1 fully saturated rings. The summed E-state index contributed by atoms with van der Waals surface area (Å²) in [5.74, 6) is -1.06. The fourth-order valence-electron chi connectivity index (χ4n) is 3.68. The number of amides is 3. The Labute approximate surface area is 190 Å². The standard InChI is InChI=1S/C24H35N3O5/c1-5-18(14-28)25-23(30)20-12-19(32-15-17-10-8-7-9-11-17)13-27(20)24(31)22(16(3)4)26-21(29)6-2/h7-11,14,16,18-20,22H,5-6,12-13,15H2,1-4H3,(H,25,30)(H,26,29)/t18-,19+,20-,22-/m0/s1. The van der Waals surface area contributed by atoms with E-state index in [1.54, 1.807) is 13.8 Å². The monoisotopic (exact) mass is 445 g/mol. The fourth-order valence-corrected chi connectivity index (χ4v) is 3.68. The van der Waals surface area contributed by atoms with Crippen molar-refractivity contribution in [2.24, 2.45) is 5.92 Å². The second-order valence-corrected chi connectivity index (χ2v) is 8.46. The van der Waals surface area contributed by atoms with Gasteiger partial charge in [0.2, 0.25) is 17.7 Å². The predicted molar refractivity (Wildman–Crippen MR) is 120 cm³/mol. The average molecular weight is 446 g/mol. The highest BCUT2D eigenvalue weighted by atomic mass is 16.5. The molecule has 0 aromatic heterocycles. The summed E-state index contributed by atoms with van der Waals surface area (Å²) < 4.78 is 6.02. The van der Waals surface area contributed by atoms with Gasteiger partial charge in [-0.05, 0) is 17.9 Å². The molecule has 3 amide bonds. The van der Waals surface area contributed by atoms with Gasteiger partial charge in [-0.3, -0.25) is 14.4 Å². The van der Waals surface area contributed by atoms with Crippen LogP contribution < -0.4 is 10.6 Å². The number of aldehydes is 1. The minimum absolute atomic E-state index is 0.149. The molecule has 8 nitrogen and oxygen atoms in total. The number of nitrogens with zero attached hydrogens (tertiary/aromatic N) is 1. The number of rotatable bonds is 11. The number of carbonyl (C=O) groups is 4. The lowest BCUT2D eigenvalue weighted by atomic mass is 10.0. The smallest absolute Gasteiger partial charge is 0.246 e. The molecule has 0 saturated carbocycles. The summed E-state index contributed by atoms with van der Waals surface area (Å²) in [5, 5.41) is 5.49. The van der Waals surface area contributed by atoms with Crippen LogP contribution in [0.3, 0.4) is 0 Å². The molecule has 1 aromatic carbocycles. The van der Waals surface area contributed by atoms with Crippen LogP contribution in [0.2, 0.25) is 0 Å². The highest BCUT2D eigenvalue weighted by Crippen LogP contribution is 2.24. The van der Waals surface area contributed by atoms with Crippen molar-refractivity contribution >= 4 is 24.0 Å². The van der Waals surface area contributed by atoms with Gasteiger partial charge in [0.15, 0.2) is 0 Å². The van der Waals surface area contributed by atoms with Crippen molar-refractivity contribution in [3.63, 3.8) is 0 Å². The van der Waals surface area contributed by atoms with E-state index in [1.165, 1.54) is 4.90 Å². The first-order valence-electron chi connectivity index (χ1n) is 11.3. The number of hydrogen-bond acceptors (Lipinski definition) is 5.